The molecule has 0 fully saturated rings. The van der Waals surface area contributed by atoms with Crippen molar-refractivity contribution in [1.82, 2.24) is 4.98 Å². The topological polar surface area (TPSA) is 58.6 Å². The highest BCUT2D eigenvalue weighted by Gasteiger charge is 2.10. The number of halogens is 3. The van der Waals surface area contributed by atoms with E-state index in [9.17, 15) is 5.11 Å². The van der Waals surface area contributed by atoms with Crippen LogP contribution < -0.4 is 0 Å². The number of aromatic hydroxyl groups is 1. The van der Waals surface area contributed by atoms with Gasteiger partial charge in [0.2, 0.25) is 5.89 Å². The molecule has 0 saturated carbocycles. The third kappa shape index (κ3) is 3.95. The van der Waals surface area contributed by atoms with Crippen LogP contribution in [0, 0.1) is 3.57 Å². The first kappa shape index (κ1) is 18.3. The Morgan fingerprint density at radius 2 is 1.85 bits per heavy atom. The molecule has 7 heteroatoms. The SMILES string of the molecule is Oc1ccc(I)cc1C=Nc1ccc2oc(-c3ccc(Cl)c(Cl)c3)nc2c1. The number of benzene rings is 3. The van der Waals surface area contributed by atoms with Crippen LogP contribution in [0.15, 0.2) is 64.0 Å². The lowest BCUT2D eigenvalue weighted by Crippen LogP contribution is -1.83. The van der Waals surface area contributed by atoms with E-state index < -0.39 is 0 Å². The maximum Gasteiger partial charge on any atom is 0.227 e. The fraction of sp³-hybridized carbons (Fsp3) is 0. The van der Waals surface area contributed by atoms with Crippen molar-refractivity contribution in [2.24, 2.45) is 4.99 Å². The van der Waals surface area contributed by atoms with Gasteiger partial charge in [0.15, 0.2) is 5.58 Å². The summed E-state index contributed by atoms with van der Waals surface area (Å²) in [5.41, 5.74) is 3.42. The molecule has 0 atom stereocenters. The molecular weight excluding hydrogens is 498 g/mol. The summed E-state index contributed by atoms with van der Waals surface area (Å²) in [6.45, 7) is 0. The number of hydrogen-bond acceptors (Lipinski definition) is 4. The fourth-order valence-electron chi connectivity index (χ4n) is 2.52. The van der Waals surface area contributed by atoms with Crippen molar-refractivity contribution in [2.45, 2.75) is 0 Å². The van der Waals surface area contributed by atoms with Gasteiger partial charge in [-0.1, -0.05) is 23.2 Å². The number of fused-ring (bicyclic) bond motifs is 1. The van der Waals surface area contributed by atoms with E-state index in [2.05, 4.69) is 32.6 Å². The van der Waals surface area contributed by atoms with Crippen molar-refractivity contribution in [3.05, 3.63) is 73.8 Å². The number of nitrogens with zero attached hydrogens (tertiary/aromatic N) is 2. The molecule has 1 aromatic heterocycles. The standard InChI is InChI=1S/C20H11Cl2IN2O2/c21-15-4-1-11(8-16(15)22)20-25-17-9-14(3-6-19(17)27-20)24-10-12-7-13(23)2-5-18(12)26/h1-10,26H. The van der Waals surface area contributed by atoms with Gasteiger partial charge in [0.1, 0.15) is 11.3 Å². The van der Waals surface area contributed by atoms with E-state index in [1.807, 2.05) is 30.3 Å². The lowest BCUT2D eigenvalue weighted by molar-refractivity contribution is 0.474. The van der Waals surface area contributed by atoms with Gasteiger partial charge in [-0.2, -0.15) is 0 Å². The van der Waals surface area contributed by atoms with E-state index >= 15 is 0 Å². The zero-order chi connectivity index (χ0) is 19.0. The lowest BCUT2D eigenvalue weighted by Gasteiger charge is -1.99. The number of rotatable bonds is 3. The van der Waals surface area contributed by atoms with Gasteiger partial charge in [-0.05, 0) is 77.2 Å². The van der Waals surface area contributed by atoms with Crippen molar-refractivity contribution in [3.63, 3.8) is 0 Å². The van der Waals surface area contributed by atoms with Crippen LogP contribution in [-0.2, 0) is 0 Å². The van der Waals surface area contributed by atoms with Crippen molar-refractivity contribution < 1.29 is 9.52 Å². The number of phenols is 1. The molecule has 4 aromatic rings. The molecule has 1 N–H and O–H groups in total. The van der Waals surface area contributed by atoms with Gasteiger partial charge in [-0.3, -0.25) is 4.99 Å². The quantitative estimate of drug-likeness (QED) is 0.243. The highest BCUT2D eigenvalue weighted by atomic mass is 127. The van der Waals surface area contributed by atoms with Crippen LogP contribution in [0.25, 0.3) is 22.6 Å². The monoisotopic (exact) mass is 508 g/mol. The fourth-order valence-corrected chi connectivity index (χ4v) is 3.33. The van der Waals surface area contributed by atoms with Crippen LogP contribution in [0.2, 0.25) is 10.0 Å². The Bertz CT molecular complexity index is 1190. The summed E-state index contributed by atoms with van der Waals surface area (Å²) in [5, 5.41) is 10.8. The Morgan fingerprint density at radius 1 is 1.00 bits per heavy atom. The average Bonchev–Trinajstić information content (AvgIpc) is 3.08. The molecule has 0 spiro atoms. The summed E-state index contributed by atoms with van der Waals surface area (Å²) in [5.74, 6) is 0.642. The number of aromatic nitrogens is 1. The number of aliphatic imine (C=N–C) groups is 1. The van der Waals surface area contributed by atoms with Gasteiger partial charge < -0.3 is 9.52 Å². The van der Waals surface area contributed by atoms with E-state index in [-0.39, 0.29) is 5.75 Å². The van der Waals surface area contributed by atoms with E-state index in [0.717, 1.165) is 9.13 Å². The summed E-state index contributed by atoms with van der Waals surface area (Å²) >= 11 is 14.2. The minimum absolute atomic E-state index is 0.184. The van der Waals surface area contributed by atoms with E-state index in [1.54, 1.807) is 30.5 Å². The zero-order valence-corrected chi connectivity index (χ0v) is 17.3. The second-order valence-electron chi connectivity index (χ2n) is 5.76. The van der Waals surface area contributed by atoms with Gasteiger partial charge >= 0.3 is 0 Å². The maximum absolute atomic E-state index is 9.91. The highest BCUT2D eigenvalue weighted by Crippen LogP contribution is 2.31. The average molecular weight is 509 g/mol. The number of hydrogen-bond donors (Lipinski definition) is 1. The molecule has 27 heavy (non-hydrogen) atoms. The van der Waals surface area contributed by atoms with E-state index in [4.69, 9.17) is 27.6 Å². The molecule has 3 aromatic carbocycles. The normalized spacial score (nSPS) is 11.5. The molecule has 0 unspecified atom stereocenters. The third-order valence-corrected chi connectivity index (χ3v) is 5.29. The summed E-state index contributed by atoms with van der Waals surface area (Å²) in [7, 11) is 0. The zero-order valence-electron chi connectivity index (χ0n) is 13.7. The predicted octanol–water partition coefficient (Wildman–Crippen LogP) is 6.86. The molecule has 0 aliphatic rings. The van der Waals surface area contributed by atoms with Crippen LogP contribution in [0.1, 0.15) is 5.56 Å². The van der Waals surface area contributed by atoms with Crippen LogP contribution in [0.3, 0.4) is 0 Å². The minimum Gasteiger partial charge on any atom is -0.507 e. The first-order valence-corrected chi connectivity index (χ1v) is 9.72. The Balaban J connectivity index is 1.67. The Labute approximate surface area is 178 Å². The van der Waals surface area contributed by atoms with E-state index in [0.29, 0.717) is 38.3 Å². The van der Waals surface area contributed by atoms with Crippen LogP contribution in [0.5, 0.6) is 5.75 Å². The molecule has 0 amide bonds. The molecule has 0 bridgehead atoms. The van der Waals surface area contributed by atoms with Crippen molar-refractivity contribution in [2.75, 3.05) is 0 Å². The van der Waals surface area contributed by atoms with Gasteiger partial charge in [-0.15, -0.1) is 0 Å². The van der Waals surface area contributed by atoms with Gasteiger partial charge in [0, 0.05) is 20.9 Å². The van der Waals surface area contributed by atoms with Gasteiger partial charge in [0.25, 0.3) is 0 Å². The second kappa shape index (κ2) is 7.50. The molecule has 0 aliphatic carbocycles. The molecule has 0 radical (unpaired) electrons. The maximum atomic E-state index is 9.91. The first-order chi connectivity index (χ1) is 13.0. The summed E-state index contributed by atoms with van der Waals surface area (Å²) in [6, 6.07) is 16.0. The van der Waals surface area contributed by atoms with Gasteiger partial charge in [-0.25, -0.2) is 4.98 Å². The minimum atomic E-state index is 0.184. The molecule has 1 heterocycles. The molecule has 4 rings (SSSR count). The lowest BCUT2D eigenvalue weighted by atomic mass is 10.2. The Hall–Kier alpha value is -2.09. The molecule has 0 saturated heterocycles. The summed E-state index contributed by atoms with van der Waals surface area (Å²) in [4.78, 5) is 8.94. The third-order valence-electron chi connectivity index (χ3n) is 3.88. The van der Waals surface area contributed by atoms with Crippen LogP contribution in [-0.4, -0.2) is 16.3 Å². The molecule has 134 valence electrons. The summed E-state index contributed by atoms with van der Waals surface area (Å²) in [6.07, 6.45) is 1.62. The Kier molecular flexibility index (Phi) is 5.08. The Morgan fingerprint density at radius 3 is 2.67 bits per heavy atom. The van der Waals surface area contributed by atoms with Gasteiger partial charge in [0.05, 0.1) is 15.7 Å². The predicted molar refractivity (Wildman–Crippen MR) is 118 cm³/mol. The van der Waals surface area contributed by atoms with Crippen LogP contribution >= 0.6 is 45.8 Å². The largest absolute Gasteiger partial charge is 0.507 e. The van der Waals surface area contributed by atoms with Crippen LogP contribution in [0.4, 0.5) is 5.69 Å². The molecular formula is C20H11Cl2IN2O2. The molecule has 4 nitrogen and oxygen atoms in total. The highest BCUT2D eigenvalue weighted by molar-refractivity contribution is 14.1. The first-order valence-electron chi connectivity index (χ1n) is 7.88. The number of oxazole rings is 1. The number of phenolic OH excluding ortho intramolecular Hbond substituents is 1. The smallest absolute Gasteiger partial charge is 0.227 e. The van der Waals surface area contributed by atoms with Crippen molar-refractivity contribution >= 4 is 68.8 Å². The molecule has 0 aliphatic heterocycles. The van der Waals surface area contributed by atoms with E-state index in [1.165, 1.54) is 0 Å². The summed E-state index contributed by atoms with van der Waals surface area (Å²) < 4.78 is 6.81. The second-order valence-corrected chi connectivity index (χ2v) is 7.82. The van der Waals surface area contributed by atoms with Crippen molar-refractivity contribution in [1.29, 1.82) is 0 Å². The van der Waals surface area contributed by atoms with Crippen molar-refractivity contribution in [3.8, 4) is 17.2 Å².